The van der Waals surface area contributed by atoms with Crippen molar-refractivity contribution in [2.24, 2.45) is 0 Å². The Labute approximate surface area is 154 Å². The van der Waals surface area contributed by atoms with Crippen LogP contribution in [0.5, 0.6) is 17.2 Å². The largest absolute Gasteiger partial charge is 0.497 e. The molecule has 0 spiro atoms. The van der Waals surface area contributed by atoms with Crippen LogP contribution in [0.2, 0.25) is 0 Å². The third kappa shape index (κ3) is 3.21. The number of rotatable bonds is 4. The van der Waals surface area contributed by atoms with Gasteiger partial charge in [-0.15, -0.1) is 0 Å². The van der Waals surface area contributed by atoms with E-state index in [4.69, 9.17) is 14.2 Å². The van der Waals surface area contributed by atoms with Crippen molar-refractivity contribution in [2.75, 3.05) is 27.9 Å². The van der Waals surface area contributed by atoms with Gasteiger partial charge in [-0.05, 0) is 47.5 Å². The molecule has 1 heterocycles. The molecule has 1 aliphatic rings. The standard InChI is InChI=1S/C21H25NO4/c1-21(2)13-22(20(23)14-6-8-16(24-3)9-7-14)12-15-10-18(25-4)19(26-5)11-17(15)21/h6-11H,12-13H2,1-5H3. The van der Waals surface area contributed by atoms with Crippen LogP contribution in [-0.4, -0.2) is 38.7 Å². The van der Waals surface area contributed by atoms with Gasteiger partial charge in [-0.3, -0.25) is 4.79 Å². The van der Waals surface area contributed by atoms with Crippen LogP contribution in [0.1, 0.15) is 35.3 Å². The highest BCUT2D eigenvalue weighted by molar-refractivity contribution is 5.94. The van der Waals surface area contributed by atoms with Crippen LogP contribution in [0.4, 0.5) is 0 Å². The second-order valence-corrected chi connectivity index (χ2v) is 7.14. The molecule has 0 fully saturated rings. The molecule has 0 N–H and O–H groups in total. The summed E-state index contributed by atoms with van der Waals surface area (Å²) in [6.07, 6.45) is 0. The maximum absolute atomic E-state index is 13.0. The van der Waals surface area contributed by atoms with Crippen LogP contribution in [-0.2, 0) is 12.0 Å². The molecule has 1 aliphatic heterocycles. The fraction of sp³-hybridized carbons (Fsp3) is 0.381. The highest BCUT2D eigenvalue weighted by atomic mass is 16.5. The zero-order valence-corrected chi connectivity index (χ0v) is 16.0. The Kier molecular flexibility index (Phi) is 4.81. The molecule has 5 nitrogen and oxygen atoms in total. The van der Waals surface area contributed by atoms with Gasteiger partial charge in [0, 0.05) is 24.1 Å². The van der Waals surface area contributed by atoms with Crippen molar-refractivity contribution < 1.29 is 19.0 Å². The van der Waals surface area contributed by atoms with E-state index in [1.807, 2.05) is 29.2 Å². The third-order valence-electron chi connectivity index (χ3n) is 4.91. The summed E-state index contributed by atoms with van der Waals surface area (Å²) in [5, 5.41) is 0. The molecule has 2 aromatic rings. The quantitative estimate of drug-likeness (QED) is 0.840. The van der Waals surface area contributed by atoms with Crippen LogP contribution in [0.3, 0.4) is 0 Å². The molecule has 2 aromatic carbocycles. The normalized spacial score (nSPS) is 15.2. The molecule has 0 aliphatic carbocycles. The molecule has 0 atom stereocenters. The lowest BCUT2D eigenvalue weighted by Crippen LogP contribution is -2.45. The lowest BCUT2D eigenvalue weighted by atomic mass is 9.78. The number of carbonyl (C=O) groups excluding carboxylic acids is 1. The zero-order valence-electron chi connectivity index (χ0n) is 16.0. The maximum Gasteiger partial charge on any atom is 0.254 e. The maximum atomic E-state index is 13.0. The van der Waals surface area contributed by atoms with Gasteiger partial charge in [0.2, 0.25) is 0 Å². The minimum absolute atomic E-state index is 0.0150. The number of hydrogen-bond donors (Lipinski definition) is 0. The van der Waals surface area contributed by atoms with E-state index in [0.29, 0.717) is 30.2 Å². The first-order chi connectivity index (χ1) is 12.4. The SMILES string of the molecule is COc1ccc(C(=O)N2Cc3cc(OC)c(OC)cc3C(C)(C)C2)cc1. The molecule has 1 amide bonds. The number of hydrogen-bond acceptors (Lipinski definition) is 4. The van der Waals surface area contributed by atoms with E-state index in [2.05, 4.69) is 13.8 Å². The Morgan fingerprint density at radius 3 is 2.15 bits per heavy atom. The van der Waals surface area contributed by atoms with Gasteiger partial charge in [0.25, 0.3) is 5.91 Å². The molecule has 26 heavy (non-hydrogen) atoms. The molecule has 0 saturated carbocycles. The summed E-state index contributed by atoms with van der Waals surface area (Å²) in [5.74, 6) is 2.15. The van der Waals surface area contributed by atoms with Crippen molar-refractivity contribution in [1.29, 1.82) is 0 Å². The number of benzene rings is 2. The third-order valence-corrected chi connectivity index (χ3v) is 4.91. The Balaban J connectivity index is 1.94. The number of fused-ring (bicyclic) bond motifs is 1. The summed E-state index contributed by atoms with van der Waals surface area (Å²) in [7, 11) is 4.88. The van der Waals surface area contributed by atoms with Crippen LogP contribution < -0.4 is 14.2 Å². The Bertz CT molecular complexity index is 812. The summed E-state index contributed by atoms with van der Waals surface area (Å²) in [4.78, 5) is 14.9. The highest BCUT2D eigenvalue weighted by Crippen LogP contribution is 2.40. The number of ether oxygens (including phenoxy) is 3. The first kappa shape index (κ1) is 18.1. The van der Waals surface area contributed by atoms with Gasteiger partial charge in [-0.2, -0.15) is 0 Å². The topological polar surface area (TPSA) is 48.0 Å². The van der Waals surface area contributed by atoms with Crippen molar-refractivity contribution in [2.45, 2.75) is 25.8 Å². The lowest BCUT2D eigenvalue weighted by Gasteiger charge is -2.40. The molecule has 0 unspecified atom stereocenters. The minimum Gasteiger partial charge on any atom is -0.497 e. The second kappa shape index (κ2) is 6.90. The fourth-order valence-electron chi connectivity index (χ4n) is 3.57. The van der Waals surface area contributed by atoms with Crippen molar-refractivity contribution >= 4 is 5.91 Å². The van der Waals surface area contributed by atoms with Gasteiger partial charge >= 0.3 is 0 Å². The first-order valence-corrected chi connectivity index (χ1v) is 8.58. The average Bonchev–Trinajstić information content (AvgIpc) is 2.65. The Hall–Kier alpha value is -2.69. The average molecular weight is 355 g/mol. The van der Waals surface area contributed by atoms with Gasteiger partial charge in [-0.25, -0.2) is 0 Å². The van der Waals surface area contributed by atoms with Gasteiger partial charge in [0.15, 0.2) is 11.5 Å². The van der Waals surface area contributed by atoms with E-state index in [1.165, 1.54) is 5.56 Å². The summed E-state index contributed by atoms with van der Waals surface area (Å²) < 4.78 is 16.0. The molecule has 0 radical (unpaired) electrons. The summed E-state index contributed by atoms with van der Waals surface area (Å²) in [6.45, 7) is 5.47. The molecule has 0 saturated heterocycles. The van der Waals surface area contributed by atoms with Crippen LogP contribution in [0.25, 0.3) is 0 Å². The van der Waals surface area contributed by atoms with Gasteiger partial charge in [-0.1, -0.05) is 13.8 Å². The van der Waals surface area contributed by atoms with Crippen LogP contribution in [0.15, 0.2) is 36.4 Å². The summed E-state index contributed by atoms with van der Waals surface area (Å²) in [5.41, 5.74) is 2.75. The van der Waals surface area contributed by atoms with E-state index in [-0.39, 0.29) is 11.3 Å². The second-order valence-electron chi connectivity index (χ2n) is 7.14. The monoisotopic (exact) mass is 355 g/mol. The number of carbonyl (C=O) groups is 1. The molecule has 3 rings (SSSR count). The van der Waals surface area contributed by atoms with E-state index in [9.17, 15) is 4.79 Å². The highest BCUT2D eigenvalue weighted by Gasteiger charge is 2.35. The predicted octanol–water partition coefficient (Wildman–Crippen LogP) is 3.65. The van der Waals surface area contributed by atoms with E-state index in [1.54, 1.807) is 33.5 Å². The number of nitrogens with zero attached hydrogens (tertiary/aromatic N) is 1. The number of methoxy groups -OCH3 is 3. The van der Waals surface area contributed by atoms with E-state index >= 15 is 0 Å². The van der Waals surface area contributed by atoms with E-state index in [0.717, 1.165) is 11.3 Å². The van der Waals surface area contributed by atoms with Crippen molar-refractivity contribution in [1.82, 2.24) is 4.90 Å². The predicted molar refractivity (Wildman–Crippen MR) is 100 cm³/mol. The van der Waals surface area contributed by atoms with Gasteiger partial charge in [0.1, 0.15) is 5.75 Å². The number of amides is 1. The summed E-state index contributed by atoms with van der Waals surface area (Å²) in [6, 6.07) is 11.2. The first-order valence-electron chi connectivity index (χ1n) is 8.58. The fourth-order valence-corrected chi connectivity index (χ4v) is 3.57. The van der Waals surface area contributed by atoms with E-state index < -0.39 is 0 Å². The molecule has 5 heteroatoms. The van der Waals surface area contributed by atoms with Crippen molar-refractivity contribution in [3.05, 3.63) is 53.1 Å². The lowest BCUT2D eigenvalue weighted by molar-refractivity contribution is 0.0685. The molecule has 0 aromatic heterocycles. The Morgan fingerprint density at radius 1 is 0.962 bits per heavy atom. The summed E-state index contributed by atoms with van der Waals surface area (Å²) >= 11 is 0. The minimum atomic E-state index is -0.185. The van der Waals surface area contributed by atoms with Crippen molar-refractivity contribution in [3.8, 4) is 17.2 Å². The molecular formula is C21H25NO4. The van der Waals surface area contributed by atoms with Crippen LogP contribution >= 0.6 is 0 Å². The van der Waals surface area contributed by atoms with Gasteiger partial charge < -0.3 is 19.1 Å². The molecule has 138 valence electrons. The van der Waals surface area contributed by atoms with Crippen molar-refractivity contribution in [3.63, 3.8) is 0 Å². The molecule has 0 bridgehead atoms. The zero-order chi connectivity index (χ0) is 18.9. The molecular weight excluding hydrogens is 330 g/mol. The van der Waals surface area contributed by atoms with Gasteiger partial charge in [0.05, 0.1) is 21.3 Å². The smallest absolute Gasteiger partial charge is 0.254 e. The van der Waals surface area contributed by atoms with Crippen LogP contribution in [0, 0.1) is 0 Å². The Morgan fingerprint density at radius 2 is 1.58 bits per heavy atom.